The topological polar surface area (TPSA) is 122 Å². The number of nitrogens with one attached hydrogen (secondary N) is 2. The third-order valence-corrected chi connectivity index (χ3v) is 5.25. The van der Waals surface area contributed by atoms with E-state index < -0.39 is 11.4 Å². The summed E-state index contributed by atoms with van der Waals surface area (Å²) in [5.74, 6) is -2.17. The maximum Gasteiger partial charge on any atom is 0.311 e. The molecule has 3 amide bonds. The maximum absolute atomic E-state index is 12.4. The molecule has 2 fully saturated rings. The molecular weight excluding hydrogens is 352 g/mol. The third-order valence-electron chi connectivity index (χ3n) is 5.25. The quantitative estimate of drug-likeness (QED) is 0.624. The van der Waals surface area contributed by atoms with Crippen LogP contribution in [0.1, 0.15) is 35.2 Å². The van der Waals surface area contributed by atoms with Gasteiger partial charge in [-0.2, -0.15) is 0 Å². The molecular formula is C19H22N2O6. The van der Waals surface area contributed by atoms with Gasteiger partial charge in [-0.15, -0.1) is 0 Å². The average molecular weight is 374 g/mol. The number of carboxylic acids is 1. The molecule has 27 heavy (non-hydrogen) atoms. The number of carbonyl (C=O) groups is 4. The van der Waals surface area contributed by atoms with Gasteiger partial charge in [-0.25, -0.2) is 0 Å². The number of imide groups is 1. The Morgan fingerprint density at radius 1 is 1.19 bits per heavy atom. The van der Waals surface area contributed by atoms with E-state index in [2.05, 4.69) is 10.6 Å². The zero-order chi connectivity index (χ0) is 19.4. The van der Waals surface area contributed by atoms with Gasteiger partial charge in [0.05, 0.1) is 11.3 Å². The lowest BCUT2D eigenvalue weighted by molar-refractivity contribution is -0.154. The lowest BCUT2D eigenvalue weighted by Crippen LogP contribution is -2.46. The van der Waals surface area contributed by atoms with Crippen LogP contribution in [0, 0.1) is 11.3 Å². The van der Waals surface area contributed by atoms with E-state index in [1.165, 1.54) is 0 Å². The molecule has 1 aromatic carbocycles. The second-order valence-electron chi connectivity index (χ2n) is 7.10. The highest BCUT2D eigenvalue weighted by atomic mass is 16.5. The third kappa shape index (κ3) is 4.33. The molecule has 3 rings (SSSR count). The van der Waals surface area contributed by atoms with Gasteiger partial charge in [-0.1, -0.05) is 12.1 Å². The fourth-order valence-electron chi connectivity index (χ4n) is 3.43. The fraction of sp³-hybridized carbons (Fsp3) is 0.474. The molecule has 2 aliphatic heterocycles. The summed E-state index contributed by atoms with van der Waals surface area (Å²) >= 11 is 0. The Labute approximate surface area is 156 Å². The minimum atomic E-state index is -0.990. The van der Waals surface area contributed by atoms with Crippen LogP contribution < -0.4 is 10.6 Å². The van der Waals surface area contributed by atoms with Gasteiger partial charge in [0, 0.05) is 31.7 Å². The fourth-order valence-corrected chi connectivity index (χ4v) is 3.43. The smallest absolute Gasteiger partial charge is 0.311 e. The number of aliphatic carboxylic acids is 1. The molecule has 8 heteroatoms. The molecule has 1 aromatic rings. The summed E-state index contributed by atoms with van der Waals surface area (Å²) in [5.41, 5.74) is 0.280. The van der Waals surface area contributed by atoms with Gasteiger partial charge in [0.25, 0.3) is 5.91 Å². The summed E-state index contributed by atoms with van der Waals surface area (Å²) in [7, 11) is 0. The highest BCUT2D eigenvalue weighted by Crippen LogP contribution is 2.30. The second-order valence-corrected chi connectivity index (χ2v) is 7.10. The lowest BCUT2D eigenvalue weighted by atomic mass is 9.80. The standard InChI is InChI=1S/C19H22N2O6/c22-15-10-14(17(24)21-15)9-12-1-3-13(4-2-12)16(23)20-11-19(18(25)26)5-7-27-8-6-19/h1-4,14H,5-11H2,(H,20,23)(H,25,26)(H,21,22,24). The van der Waals surface area contributed by atoms with Crippen molar-refractivity contribution in [1.29, 1.82) is 0 Å². The summed E-state index contributed by atoms with van der Waals surface area (Å²) in [4.78, 5) is 46.9. The van der Waals surface area contributed by atoms with Crippen LogP contribution >= 0.6 is 0 Å². The second kappa shape index (κ2) is 7.87. The van der Waals surface area contributed by atoms with Crippen molar-refractivity contribution in [3.05, 3.63) is 35.4 Å². The molecule has 8 nitrogen and oxygen atoms in total. The van der Waals surface area contributed by atoms with Gasteiger partial charge in [0.15, 0.2) is 0 Å². The lowest BCUT2D eigenvalue weighted by Gasteiger charge is -2.33. The zero-order valence-electron chi connectivity index (χ0n) is 14.8. The van der Waals surface area contributed by atoms with Crippen molar-refractivity contribution in [3.63, 3.8) is 0 Å². The van der Waals surface area contributed by atoms with Crippen LogP contribution in [0.15, 0.2) is 24.3 Å². The van der Waals surface area contributed by atoms with Crippen molar-refractivity contribution in [2.75, 3.05) is 19.8 Å². The van der Waals surface area contributed by atoms with Crippen molar-refractivity contribution >= 4 is 23.7 Å². The first-order chi connectivity index (χ1) is 12.9. The van der Waals surface area contributed by atoms with Crippen LogP contribution in [0.25, 0.3) is 0 Å². The molecule has 1 unspecified atom stereocenters. The summed E-state index contributed by atoms with van der Waals surface area (Å²) in [6, 6.07) is 6.76. The molecule has 2 aliphatic rings. The molecule has 0 bridgehead atoms. The van der Waals surface area contributed by atoms with Crippen molar-refractivity contribution < 1.29 is 29.0 Å². The summed E-state index contributed by atoms with van der Waals surface area (Å²) < 4.78 is 5.22. The van der Waals surface area contributed by atoms with Gasteiger partial charge in [-0.05, 0) is 37.0 Å². The maximum atomic E-state index is 12.4. The first kappa shape index (κ1) is 19.0. The van der Waals surface area contributed by atoms with Crippen molar-refractivity contribution in [2.45, 2.75) is 25.7 Å². The van der Waals surface area contributed by atoms with Gasteiger partial charge in [0.1, 0.15) is 0 Å². The van der Waals surface area contributed by atoms with Crippen LogP contribution in [-0.4, -0.2) is 48.6 Å². The number of carbonyl (C=O) groups excluding carboxylic acids is 3. The monoisotopic (exact) mass is 374 g/mol. The van der Waals surface area contributed by atoms with Crippen molar-refractivity contribution in [2.24, 2.45) is 11.3 Å². The molecule has 0 aromatic heterocycles. The van der Waals surface area contributed by atoms with E-state index in [0.717, 1.165) is 5.56 Å². The van der Waals surface area contributed by atoms with E-state index >= 15 is 0 Å². The van der Waals surface area contributed by atoms with Crippen LogP contribution in [0.4, 0.5) is 0 Å². The molecule has 144 valence electrons. The van der Waals surface area contributed by atoms with E-state index in [-0.39, 0.29) is 36.6 Å². The molecule has 2 saturated heterocycles. The van der Waals surface area contributed by atoms with E-state index in [1.807, 2.05) is 0 Å². The Kier molecular flexibility index (Phi) is 5.55. The first-order valence-corrected chi connectivity index (χ1v) is 8.92. The van der Waals surface area contributed by atoms with Crippen LogP contribution in [-0.2, 0) is 25.5 Å². The van der Waals surface area contributed by atoms with Gasteiger partial charge < -0.3 is 15.2 Å². The summed E-state index contributed by atoms with van der Waals surface area (Å²) in [6.07, 6.45) is 1.34. The van der Waals surface area contributed by atoms with Gasteiger partial charge in [-0.3, -0.25) is 24.5 Å². The molecule has 3 N–H and O–H groups in total. The SMILES string of the molecule is O=C1CC(Cc2ccc(C(=O)NCC3(C(=O)O)CCOCC3)cc2)C(=O)N1. The highest BCUT2D eigenvalue weighted by molar-refractivity contribution is 6.03. The van der Waals surface area contributed by atoms with E-state index in [0.29, 0.717) is 38.0 Å². The first-order valence-electron chi connectivity index (χ1n) is 8.92. The molecule has 0 radical (unpaired) electrons. The number of hydrogen-bond donors (Lipinski definition) is 3. The molecule has 1 atom stereocenters. The Bertz CT molecular complexity index is 752. The number of hydrogen-bond acceptors (Lipinski definition) is 5. The number of carboxylic acid groups (broad SMARTS) is 1. The predicted octanol–water partition coefficient (Wildman–Crippen LogP) is 0.503. The van der Waals surface area contributed by atoms with E-state index in [9.17, 15) is 24.3 Å². The Hall–Kier alpha value is -2.74. The normalized spacial score (nSPS) is 21.6. The number of ether oxygens (including phenoxy) is 1. The van der Waals surface area contributed by atoms with Crippen molar-refractivity contribution in [1.82, 2.24) is 10.6 Å². The Balaban J connectivity index is 1.58. The molecule has 2 heterocycles. The van der Waals surface area contributed by atoms with E-state index in [1.54, 1.807) is 24.3 Å². The Morgan fingerprint density at radius 2 is 1.85 bits per heavy atom. The van der Waals surface area contributed by atoms with Crippen LogP contribution in [0.3, 0.4) is 0 Å². The number of amides is 3. The molecule has 0 spiro atoms. The minimum Gasteiger partial charge on any atom is -0.481 e. The van der Waals surface area contributed by atoms with Gasteiger partial charge >= 0.3 is 5.97 Å². The predicted molar refractivity (Wildman–Crippen MR) is 93.9 cm³/mol. The van der Waals surface area contributed by atoms with E-state index in [4.69, 9.17) is 4.74 Å². The average Bonchev–Trinajstić information content (AvgIpc) is 2.98. The van der Waals surface area contributed by atoms with Crippen molar-refractivity contribution in [3.8, 4) is 0 Å². The molecule has 0 aliphatic carbocycles. The Morgan fingerprint density at radius 3 is 2.41 bits per heavy atom. The molecule has 0 saturated carbocycles. The van der Waals surface area contributed by atoms with Gasteiger partial charge in [0.2, 0.25) is 11.8 Å². The van der Waals surface area contributed by atoms with Crippen LogP contribution in [0.2, 0.25) is 0 Å². The highest BCUT2D eigenvalue weighted by Gasteiger charge is 2.40. The summed E-state index contributed by atoms with van der Waals surface area (Å²) in [6.45, 7) is 0.791. The number of benzene rings is 1. The summed E-state index contributed by atoms with van der Waals surface area (Å²) in [5, 5.41) is 14.5. The minimum absolute atomic E-state index is 0.0522. The van der Waals surface area contributed by atoms with Crippen LogP contribution in [0.5, 0.6) is 0 Å². The largest absolute Gasteiger partial charge is 0.481 e. The number of rotatable bonds is 6. The zero-order valence-corrected chi connectivity index (χ0v) is 14.8.